The van der Waals surface area contributed by atoms with Gasteiger partial charge in [-0.15, -0.1) is 0 Å². The standard InChI is InChI=1S/C21H22N4O/c1-5-6-7-11-20(26)22-19-13-16(4)24-25(19)18-12-15(3)17-10-8-9-14(2)21(17)23-18/h5-13H,1-4H3,(H,22,26)/b6-5+,11-7+. The van der Waals surface area contributed by atoms with Gasteiger partial charge in [-0.05, 0) is 44.9 Å². The molecule has 1 amide bonds. The highest BCUT2D eigenvalue weighted by molar-refractivity contribution is 5.99. The number of carbonyl (C=O) groups is 1. The SMILES string of the molecule is C/C=C/C=C/C(=O)Nc1cc(C)nn1-c1cc(C)c2cccc(C)c2n1. The Kier molecular flexibility index (Phi) is 4.98. The monoisotopic (exact) mass is 346 g/mol. The van der Waals surface area contributed by atoms with E-state index in [4.69, 9.17) is 4.98 Å². The first kappa shape index (κ1) is 17.6. The lowest BCUT2D eigenvalue weighted by Gasteiger charge is -2.11. The van der Waals surface area contributed by atoms with Gasteiger partial charge in [-0.1, -0.05) is 36.4 Å². The topological polar surface area (TPSA) is 59.8 Å². The Bertz CT molecular complexity index is 1030. The molecule has 0 aliphatic rings. The number of carbonyl (C=O) groups excluding carboxylic acids is 1. The number of benzene rings is 1. The Morgan fingerprint density at radius 3 is 2.69 bits per heavy atom. The van der Waals surface area contributed by atoms with E-state index < -0.39 is 0 Å². The largest absolute Gasteiger partial charge is 0.307 e. The second-order valence-electron chi connectivity index (χ2n) is 6.23. The van der Waals surface area contributed by atoms with Gasteiger partial charge in [-0.2, -0.15) is 9.78 Å². The number of anilines is 1. The minimum Gasteiger partial charge on any atom is -0.307 e. The summed E-state index contributed by atoms with van der Waals surface area (Å²) in [6.07, 6.45) is 6.85. The predicted molar refractivity (Wildman–Crippen MR) is 106 cm³/mol. The molecule has 0 spiro atoms. The Morgan fingerprint density at radius 2 is 1.92 bits per heavy atom. The van der Waals surface area contributed by atoms with Crippen LogP contribution in [0.25, 0.3) is 16.7 Å². The van der Waals surface area contributed by atoms with Crippen molar-refractivity contribution in [2.75, 3.05) is 5.32 Å². The van der Waals surface area contributed by atoms with Crippen molar-refractivity contribution >= 4 is 22.6 Å². The average molecular weight is 346 g/mol. The molecule has 132 valence electrons. The van der Waals surface area contributed by atoms with Gasteiger partial charge in [0.25, 0.3) is 0 Å². The summed E-state index contributed by atoms with van der Waals surface area (Å²) < 4.78 is 1.68. The van der Waals surface area contributed by atoms with Crippen molar-refractivity contribution in [3.8, 4) is 5.82 Å². The third-order valence-corrected chi connectivity index (χ3v) is 4.09. The molecule has 0 saturated heterocycles. The molecule has 2 heterocycles. The van der Waals surface area contributed by atoms with Crippen LogP contribution in [0.4, 0.5) is 5.82 Å². The van der Waals surface area contributed by atoms with Crippen LogP contribution in [0.1, 0.15) is 23.7 Å². The normalized spacial score (nSPS) is 11.7. The van der Waals surface area contributed by atoms with Gasteiger partial charge in [0.05, 0.1) is 11.2 Å². The molecule has 0 radical (unpaired) electrons. The summed E-state index contributed by atoms with van der Waals surface area (Å²) in [7, 11) is 0. The molecule has 0 aliphatic carbocycles. The molecule has 5 heteroatoms. The van der Waals surface area contributed by atoms with Crippen LogP contribution >= 0.6 is 0 Å². The molecule has 1 aromatic carbocycles. The van der Waals surface area contributed by atoms with Gasteiger partial charge in [0.2, 0.25) is 5.91 Å². The summed E-state index contributed by atoms with van der Waals surface area (Å²) >= 11 is 0. The number of amides is 1. The smallest absolute Gasteiger partial charge is 0.249 e. The summed E-state index contributed by atoms with van der Waals surface area (Å²) in [4.78, 5) is 16.9. The number of fused-ring (bicyclic) bond motifs is 1. The molecular formula is C21H22N4O. The van der Waals surface area contributed by atoms with Crippen molar-refractivity contribution < 1.29 is 4.79 Å². The van der Waals surface area contributed by atoms with Gasteiger partial charge in [0, 0.05) is 17.5 Å². The molecule has 0 saturated carbocycles. The maximum absolute atomic E-state index is 12.1. The number of pyridine rings is 1. The highest BCUT2D eigenvalue weighted by Gasteiger charge is 2.13. The molecule has 3 aromatic rings. The lowest BCUT2D eigenvalue weighted by molar-refractivity contribution is -0.111. The Labute approximate surface area is 153 Å². The van der Waals surface area contributed by atoms with Crippen LogP contribution in [0.2, 0.25) is 0 Å². The maximum atomic E-state index is 12.1. The molecule has 0 atom stereocenters. The Balaban J connectivity index is 2.04. The molecule has 0 unspecified atom stereocenters. The molecular weight excluding hydrogens is 324 g/mol. The van der Waals surface area contributed by atoms with E-state index >= 15 is 0 Å². The summed E-state index contributed by atoms with van der Waals surface area (Å²) in [5.41, 5.74) is 3.98. The van der Waals surface area contributed by atoms with Gasteiger partial charge >= 0.3 is 0 Å². The van der Waals surface area contributed by atoms with E-state index in [0.29, 0.717) is 11.6 Å². The lowest BCUT2D eigenvalue weighted by atomic mass is 10.1. The number of aromatic nitrogens is 3. The first-order valence-corrected chi connectivity index (χ1v) is 8.54. The van der Waals surface area contributed by atoms with Crippen molar-refractivity contribution in [1.29, 1.82) is 0 Å². The molecule has 26 heavy (non-hydrogen) atoms. The second-order valence-corrected chi connectivity index (χ2v) is 6.23. The number of allylic oxidation sites excluding steroid dienone is 3. The first-order chi connectivity index (χ1) is 12.5. The Hall–Kier alpha value is -3.21. The van der Waals surface area contributed by atoms with Crippen molar-refractivity contribution in [2.24, 2.45) is 0 Å². The number of aryl methyl sites for hydroxylation is 3. The van der Waals surface area contributed by atoms with Gasteiger partial charge in [-0.25, -0.2) is 4.98 Å². The van der Waals surface area contributed by atoms with E-state index in [1.165, 1.54) is 6.08 Å². The minimum atomic E-state index is -0.210. The van der Waals surface area contributed by atoms with Crippen molar-refractivity contribution in [3.63, 3.8) is 0 Å². The zero-order valence-electron chi connectivity index (χ0n) is 15.4. The zero-order chi connectivity index (χ0) is 18.7. The summed E-state index contributed by atoms with van der Waals surface area (Å²) in [6, 6.07) is 9.96. The molecule has 0 fully saturated rings. The maximum Gasteiger partial charge on any atom is 0.249 e. The van der Waals surface area contributed by atoms with Crippen LogP contribution in [0.3, 0.4) is 0 Å². The Morgan fingerprint density at radius 1 is 1.12 bits per heavy atom. The summed E-state index contributed by atoms with van der Waals surface area (Å²) in [5, 5.41) is 8.50. The van der Waals surface area contributed by atoms with Gasteiger partial charge in [0.15, 0.2) is 5.82 Å². The summed E-state index contributed by atoms with van der Waals surface area (Å²) in [5.74, 6) is 1.07. The highest BCUT2D eigenvalue weighted by Crippen LogP contribution is 2.24. The van der Waals surface area contributed by atoms with E-state index in [9.17, 15) is 4.79 Å². The van der Waals surface area contributed by atoms with E-state index in [2.05, 4.69) is 23.4 Å². The van der Waals surface area contributed by atoms with E-state index in [0.717, 1.165) is 27.7 Å². The molecule has 1 N–H and O–H groups in total. The van der Waals surface area contributed by atoms with Gasteiger partial charge in [0.1, 0.15) is 5.82 Å². The minimum absolute atomic E-state index is 0.210. The number of hydrogen-bond acceptors (Lipinski definition) is 3. The van der Waals surface area contributed by atoms with E-state index in [-0.39, 0.29) is 5.91 Å². The predicted octanol–water partition coefficient (Wildman–Crippen LogP) is 4.42. The van der Waals surface area contributed by atoms with Crippen molar-refractivity contribution in [2.45, 2.75) is 27.7 Å². The fraction of sp³-hybridized carbons (Fsp3) is 0.190. The summed E-state index contributed by atoms with van der Waals surface area (Å²) in [6.45, 7) is 7.89. The van der Waals surface area contributed by atoms with Crippen molar-refractivity contribution in [1.82, 2.24) is 14.8 Å². The van der Waals surface area contributed by atoms with E-state index in [1.54, 1.807) is 16.8 Å². The molecule has 3 rings (SSSR count). The third kappa shape index (κ3) is 3.57. The van der Waals surface area contributed by atoms with Crippen molar-refractivity contribution in [3.05, 3.63) is 71.5 Å². The zero-order valence-corrected chi connectivity index (χ0v) is 15.4. The van der Waals surface area contributed by atoms with Crippen LogP contribution in [0.15, 0.2) is 54.6 Å². The van der Waals surface area contributed by atoms with Crippen LogP contribution < -0.4 is 5.32 Å². The molecule has 2 aromatic heterocycles. The second kappa shape index (κ2) is 7.35. The van der Waals surface area contributed by atoms with E-state index in [1.807, 2.05) is 51.1 Å². The fourth-order valence-corrected chi connectivity index (χ4v) is 2.84. The number of para-hydroxylation sites is 1. The average Bonchev–Trinajstić information content (AvgIpc) is 2.96. The van der Waals surface area contributed by atoms with Gasteiger partial charge in [-0.3, -0.25) is 4.79 Å². The fourth-order valence-electron chi connectivity index (χ4n) is 2.84. The quantitative estimate of drug-likeness (QED) is 0.562. The van der Waals surface area contributed by atoms with Crippen LogP contribution in [0, 0.1) is 20.8 Å². The highest BCUT2D eigenvalue weighted by atomic mass is 16.1. The van der Waals surface area contributed by atoms with Crippen LogP contribution in [0.5, 0.6) is 0 Å². The molecule has 5 nitrogen and oxygen atoms in total. The number of hydrogen-bond donors (Lipinski definition) is 1. The van der Waals surface area contributed by atoms with Crippen LogP contribution in [-0.2, 0) is 4.79 Å². The van der Waals surface area contributed by atoms with Crippen LogP contribution in [-0.4, -0.2) is 20.7 Å². The number of nitrogens with one attached hydrogen (secondary N) is 1. The number of nitrogens with zero attached hydrogens (tertiary/aromatic N) is 3. The number of rotatable bonds is 4. The third-order valence-electron chi connectivity index (χ3n) is 4.09. The lowest BCUT2D eigenvalue weighted by Crippen LogP contribution is -2.13. The first-order valence-electron chi connectivity index (χ1n) is 8.54. The van der Waals surface area contributed by atoms with Gasteiger partial charge < -0.3 is 5.32 Å². The molecule has 0 bridgehead atoms. The molecule has 0 aliphatic heterocycles.